The van der Waals surface area contributed by atoms with Gasteiger partial charge >= 0.3 is 19.8 Å². The van der Waals surface area contributed by atoms with Crippen molar-refractivity contribution in [3.05, 3.63) is 24.3 Å². The van der Waals surface area contributed by atoms with Gasteiger partial charge in [-0.25, -0.2) is 4.57 Å². The number of nitrogens with two attached hydrogens (primary N) is 1. The predicted molar refractivity (Wildman–Crippen MR) is 282 cm³/mol. The van der Waals surface area contributed by atoms with Crippen LogP contribution in [0.3, 0.4) is 0 Å². The van der Waals surface area contributed by atoms with Crippen LogP contribution in [0.1, 0.15) is 284 Å². The molecule has 0 aliphatic heterocycles. The maximum absolute atomic E-state index is 12.7. The second kappa shape index (κ2) is 52.3. The molecule has 0 aromatic heterocycles. The van der Waals surface area contributed by atoms with Crippen LogP contribution in [0.4, 0.5) is 0 Å². The minimum Gasteiger partial charge on any atom is -0.480 e. The summed E-state index contributed by atoms with van der Waals surface area (Å²) in [5, 5.41) is 8.95. The Hall–Kier alpha value is -1.55. The molecule has 0 radical (unpaired) electrons. The topological polar surface area (TPSA) is 155 Å². The molecule has 0 aromatic carbocycles. The van der Waals surface area contributed by atoms with Gasteiger partial charge in [-0.1, -0.05) is 237 Å². The number of phosphoric acid groups is 1. The standard InChI is InChI=1S/C56H108NO9P/c1-3-5-7-9-11-13-15-17-19-21-23-25-27-28-30-32-34-36-38-40-42-44-46-48-55(58)66-53(51-64-67(61,62)65-52-54(57)56(59)60)50-63-49-47-45-43-41-39-37-35-33-31-29-26-24-22-20-18-16-14-12-10-8-6-4-2/h21-24,53-54H,3-20,25-52,57H2,1-2H3,(H,59,60)(H,61,62)/b23-21-,24-22-. The van der Waals surface area contributed by atoms with Crippen LogP contribution in [-0.2, 0) is 32.7 Å². The van der Waals surface area contributed by atoms with Gasteiger partial charge in [0.15, 0.2) is 0 Å². The zero-order valence-corrected chi connectivity index (χ0v) is 44.7. The Morgan fingerprint density at radius 1 is 0.463 bits per heavy atom. The number of carbonyl (C=O) groups is 2. The maximum atomic E-state index is 12.7. The van der Waals surface area contributed by atoms with Crippen LogP contribution in [0.2, 0.25) is 0 Å². The Kier molecular flexibility index (Phi) is 51.1. The molecular formula is C56H108NO9P. The number of aliphatic carboxylic acids is 1. The normalized spacial score (nSPS) is 13.7. The van der Waals surface area contributed by atoms with Gasteiger partial charge in [0.25, 0.3) is 0 Å². The van der Waals surface area contributed by atoms with Crippen LogP contribution < -0.4 is 5.73 Å². The Bertz CT molecular complexity index is 1170. The summed E-state index contributed by atoms with van der Waals surface area (Å²) in [5.41, 5.74) is 5.39. The smallest absolute Gasteiger partial charge is 0.472 e. The second-order valence-electron chi connectivity index (χ2n) is 19.4. The fraction of sp³-hybridized carbons (Fsp3) is 0.893. The number of esters is 1. The molecule has 0 heterocycles. The van der Waals surface area contributed by atoms with Gasteiger partial charge in [-0.05, 0) is 64.2 Å². The fourth-order valence-corrected chi connectivity index (χ4v) is 9.08. The molecule has 11 heteroatoms. The molecule has 67 heavy (non-hydrogen) atoms. The van der Waals surface area contributed by atoms with Crippen molar-refractivity contribution >= 4 is 19.8 Å². The number of ether oxygens (including phenoxy) is 2. The van der Waals surface area contributed by atoms with E-state index in [2.05, 4.69) is 38.2 Å². The van der Waals surface area contributed by atoms with Gasteiger partial charge in [0.05, 0.1) is 19.8 Å². The van der Waals surface area contributed by atoms with Crippen LogP contribution >= 0.6 is 7.82 Å². The number of phosphoric ester groups is 1. The second-order valence-corrected chi connectivity index (χ2v) is 20.9. The lowest BCUT2D eigenvalue weighted by molar-refractivity contribution is -0.154. The molecule has 0 amide bonds. The van der Waals surface area contributed by atoms with Crippen molar-refractivity contribution in [3.63, 3.8) is 0 Å². The van der Waals surface area contributed by atoms with Crippen molar-refractivity contribution in [1.82, 2.24) is 0 Å². The zero-order valence-electron chi connectivity index (χ0n) is 43.8. The van der Waals surface area contributed by atoms with Gasteiger partial charge in [0.1, 0.15) is 12.1 Å². The summed E-state index contributed by atoms with van der Waals surface area (Å²) in [6, 6.07) is -1.47. The summed E-state index contributed by atoms with van der Waals surface area (Å²) in [4.78, 5) is 33.8. The lowest BCUT2D eigenvalue weighted by atomic mass is 10.0. The highest BCUT2D eigenvalue weighted by molar-refractivity contribution is 7.47. The molecule has 3 unspecified atom stereocenters. The van der Waals surface area contributed by atoms with Crippen molar-refractivity contribution in [2.45, 2.75) is 296 Å². The van der Waals surface area contributed by atoms with Gasteiger partial charge in [0.2, 0.25) is 0 Å². The van der Waals surface area contributed by atoms with Crippen molar-refractivity contribution in [2.24, 2.45) is 5.73 Å². The average Bonchev–Trinajstić information content (AvgIpc) is 3.31. The van der Waals surface area contributed by atoms with Crippen molar-refractivity contribution < 1.29 is 42.7 Å². The van der Waals surface area contributed by atoms with E-state index in [-0.39, 0.29) is 13.0 Å². The molecule has 0 rings (SSSR count). The first kappa shape index (κ1) is 65.5. The monoisotopic (exact) mass is 970 g/mol. The van der Waals surface area contributed by atoms with Crippen LogP contribution in [0, 0.1) is 0 Å². The summed E-state index contributed by atoms with van der Waals surface area (Å²) in [6.45, 7) is 3.94. The number of carboxylic acids is 1. The quantitative estimate of drug-likeness (QED) is 0.0232. The first-order valence-corrected chi connectivity index (χ1v) is 29.9. The highest BCUT2D eigenvalue weighted by atomic mass is 31.2. The van der Waals surface area contributed by atoms with Crippen LogP contribution in [-0.4, -0.2) is 60.5 Å². The van der Waals surface area contributed by atoms with E-state index in [0.29, 0.717) is 13.0 Å². The third-order valence-electron chi connectivity index (χ3n) is 12.7. The van der Waals surface area contributed by atoms with E-state index in [0.717, 1.165) is 38.5 Å². The van der Waals surface area contributed by atoms with Gasteiger partial charge in [0, 0.05) is 13.0 Å². The van der Waals surface area contributed by atoms with E-state index in [1.54, 1.807) is 0 Å². The average molecular weight is 970 g/mol. The van der Waals surface area contributed by atoms with Gasteiger partial charge in [-0.15, -0.1) is 0 Å². The van der Waals surface area contributed by atoms with E-state index in [9.17, 15) is 19.0 Å². The van der Waals surface area contributed by atoms with Crippen molar-refractivity contribution in [3.8, 4) is 0 Å². The summed E-state index contributed by atoms with van der Waals surface area (Å²) >= 11 is 0. The third-order valence-corrected chi connectivity index (χ3v) is 13.7. The van der Waals surface area contributed by atoms with Crippen molar-refractivity contribution in [1.29, 1.82) is 0 Å². The number of hydrogen-bond acceptors (Lipinski definition) is 8. The van der Waals surface area contributed by atoms with E-state index < -0.39 is 45.1 Å². The van der Waals surface area contributed by atoms with E-state index in [4.69, 9.17) is 29.4 Å². The Morgan fingerprint density at radius 3 is 1.13 bits per heavy atom. The van der Waals surface area contributed by atoms with Crippen LogP contribution in [0.15, 0.2) is 24.3 Å². The summed E-state index contributed by atoms with van der Waals surface area (Å²) < 4.78 is 33.6. The molecular weight excluding hydrogens is 862 g/mol. The number of unbranched alkanes of at least 4 members (excludes halogenated alkanes) is 37. The molecule has 10 nitrogen and oxygen atoms in total. The predicted octanol–water partition coefficient (Wildman–Crippen LogP) is 17.0. The zero-order chi connectivity index (χ0) is 49.0. The minimum atomic E-state index is -4.62. The fourth-order valence-electron chi connectivity index (χ4n) is 8.30. The molecule has 3 atom stereocenters. The molecule has 0 aliphatic carbocycles. The number of allylic oxidation sites excluding steroid dienone is 4. The van der Waals surface area contributed by atoms with E-state index >= 15 is 0 Å². The minimum absolute atomic E-state index is 0.0197. The van der Waals surface area contributed by atoms with Crippen molar-refractivity contribution in [2.75, 3.05) is 26.4 Å². The first-order valence-electron chi connectivity index (χ1n) is 28.4. The molecule has 0 aliphatic rings. The highest BCUT2D eigenvalue weighted by Crippen LogP contribution is 2.43. The lowest BCUT2D eigenvalue weighted by Gasteiger charge is -2.20. The van der Waals surface area contributed by atoms with Crippen LogP contribution in [0.5, 0.6) is 0 Å². The molecule has 0 aromatic rings. The molecule has 0 saturated carbocycles. The molecule has 0 bridgehead atoms. The third kappa shape index (κ3) is 52.1. The van der Waals surface area contributed by atoms with Crippen LogP contribution in [0.25, 0.3) is 0 Å². The van der Waals surface area contributed by atoms with Gasteiger partial charge in [-0.3, -0.25) is 18.6 Å². The highest BCUT2D eigenvalue weighted by Gasteiger charge is 2.27. The largest absolute Gasteiger partial charge is 0.480 e. The molecule has 0 fully saturated rings. The number of hydrogen-bond donors (Lipinski definition) is 3. The number of rotatable bonds is 55. The Balaban J connectivity index is 4.06. The van der Waals surface area contributed by atoms with E-state index in [1.165, 1.54) is 218 Å². The summed E-state index contributed by atoms with van der Waals surface area (Å²) in [7, 11) is -4.62. The molecule has 0 spiro atoms. The molecule has 4 N–H and O–H groups in total. The Morgan fingerprint density at radius 2 is 0.776 bits per heavy atom. The molecule has 396 valence electrons. The van der Waals surface area contributed by atoms with Gasteiger partial charge in [-0.2, -0.15) is 0 Å². The first-order chi connectivity index (χ1) is 32.7. The molecule has 0 saturated heterocycles. The van der Waals surface area contributed by atoms with E-state index in [1.807, 2.05) is 0 Å². The maximum Gasteiger partial charge on any atom is 0.472 e. The summed E-state index contributed by atoms with van der Waals surface area (Å²) in [5.74, 6) is -1.77. The number of carbonyl (C=O) groups excluding carboxylic acids is 1. The summed E-state index contributed by atoms with van der Waals surface area (Å²) in [6.07, 6.45) is 61.0. The Labute approximate surface area is 413 Å². The van der Waals surface area contributed by atoms with Gasteiger partial charge < -0.3 is 25.2 Å². The lowest BCUT2D eigenvalue weighted by Crippen LogP contribution is -2.34. The SMILES string of the molecule is CCCCCCCCCC/C=C\CCCCCCCCCCCCCC(=O)OC(COCCCCCCCCCCCC/C=C\CCCCCCCCCC)COP(=O)(O)OCC(N)C(=O)O. The number of carboxylic acid groups (broad SMARTS) is 1.